The largest absolute Gasteiger partial charge is 0.385 e. The van der Waals surface area contributed by atoms with Crippen molar-refractivity contribution in [2.75, 3.05) is 5.32 Å². The van der Waals surface area contributed by atoms with Crippen molar-refractivity contribution in [2.45, 2.75) is 38.2 Å². The summed E-state index contributed by atoms with van der Waals surface area (Å²) in [5.74, 6) is 5.00. The van der Waals surface area contributed by atoms with Gasteiger partial charge >= 0.3 is 0 Å². The number of aromatic nitrogens is 4. The van der Waals surface area contributed by atoms with Crippen molar-refractivity contribution in [2.24, 2.45) is 0 Å². The van der Waals surface area contributed by atoms with Gasteiger partial charge in [0.1, 0.15) is 0 Å². The Morgan fingerprint density at radius 2 is 2.19 bits per heavy atom. The first-order valence-corrected chi connectivity index (χ1v) is 9.25. The first-order chi connectivity index (χ1) is 12.4. The van der Waals surface area contributed by atoms with Crippen molar-refractivity contribution < 1.29 is 5.11 Å². The summed E-state index contributed by atoms with van der Waals surface area (Å²) >= 11 is 1.46. The van der Waals surface area contributed by atoms with Gasteiger partial charge in [-0.1, -0.05) is 5.92 Å². The average molecular weight is 365 g/mol. The maximum absolute atomic E-state index is 10.2. The Balaban J connectivity index is 1.64. The third-order valence-corrected chi connectivity index (χ3v) is 5.63. The van der Waals surface area contributed by atoms with Crippen molar-refractivity contribution in [1.29, 1.82) is 0 Å². The third kappa shape index (κ3) is 3.34. The molecule has 3 N–H and O–H groups in total. The molecule has 0 spiro atoms. The number of rotatable bonds is 5. The molecule has 0 saturated heterocycles. The number of aliphatic hydroxyl groups is 1. The molecule has 6 nitrogen and oxygen atoms in total. The molecular formula is C19H19N5OS. The molecular weight excluding hydrogens is 346 g/mol. The van der Waals surface area contributed by atoms with Crippen LogP contribution in [0.25, 0.3) is 10.7 Å². The second-order valence-electron chi connectivity index (χ2n) is 6.93. The highest BCUT2D eigenvalue weighted by atomic mass is 32.1. The van der Waals surface area contributed by atoms with Crippen LogP contribution in [0.3, 0.4) is 0 Å². The number of anilines is 2. The van der Waals surface area contributed by atoms with Gasteiger partial charge in [0.2, 0.25) is 0 Å². The monoisotopic (exact) mass is 365 g/mol. The minimum atomic E-state index is -0.892. The van der Waals surface area contributed by atoms with Crippen molar-refractivity contribution >= 4 is 23.0 Å². The highest BCUT2D eigenvalue weighted by Crippen LogP contribution is 2.40. The Labute approximate surface area is 155 Å². The molecule has 1 aliphatic rings. The highest BCUT2D eigenvalue weighted by Gasteiger charge is 2.25. The maximum Gasteiger partial charge on any atom is 0.171 e. The first-order valence-electron chi connectivity index (χ1n) is 8.43. The number of hydrogen-bond acceptors (Lipinski definition) is 6. The lowest BCUT2D eigenvalue weighted by Gasteiger charge is -2.13. The summed E-state index contributed by atoms with van der Waals surface area (Å²) in [6.07, 6.45) is 9.63. The second kappa shape index (κ2) is 6.24. The fraction of sp³-hybridized carbons (Fsp3) is 0.316. The number of thiophene rings is 1. The van der Waals surface area contributed by atoms with Crippen molar-refractivity contribution in [3.63, 3.8) is 0 Å². The van der Waals surface area contributed by atoms with Gasteiger partial charge in [0.25, 0.3) is 0 Å². The van der Waals surface area contributed by atoms with E-state index in [0.717, 1.165) is 15.4 Å². The first kappa shape index (κ1) is 16.8. The van der Waals surface area contributed by atoms with E-state index >= 15 is 0 Å². The summed E-state index contributed by atoms with van der Waals surface area (Å²) in [5.41, 5.74) is 0.817. The van der Waals surface area contributed by atoms with E-state index in [4.69, 9.17) is 6.42 Å². The van der Waals surface area contributed by atoms with Gasteiger partial charge in [-0.2, -0.15) is 5.10 Å². The van der Waals surface area contributed by atoms with Crippen molar-refractivity contribution in [3.8, 4) is 23.0 Å². The molecule has 0 atom stereocenters. The predicted octanol–water partition coefficient (Wildman–Crippen LogP) is 3.76. The minimum absolute atomic E-state index is 0.546. The van der Waals surface area contributed by atoms with Crippen LogP contribution in [-0.2, 0) is 5.60 Å². The summed E-state index contributed by atoms with van der Waals surface area (Å²) < 4.78 is 0. The molecule has 0 aliphatic heterocycles. The maximum atomic E-state index is 10.2. The van der Waals surface area contributed by atoms with E-state index in [-0.39, 0.29) is 0 Å². The van der Waals surface area contributed by atoms with Crippen LogP contribution in [0.5, 0.6) is 0 Å². The highest BCUT2D eigenvalue weighted by molar-refractivity contribution is 7.15. The molecule has 0 radical (unpaired) electrons. The number of nitrogens with one attached hydrogen (secondary N) is 2. The Bertz CT molecular complexity index is 988. The zero-order valence-electron chi connectivity index (χ0n) is 14.6. The average Bonchev–Trinajstić information content (AvgIpc) is 3.14. The van der Waals surface area contributed by atoms with Crippen LogP contribution in [0.15, 0.2) is 24.4 Å². The van der Waals surface area contributed by atoms with Crippen molar-refractivity contribution in [3.05, 3.63) is 40.5 Å². The molecule has 0 bridgehead atoms. The summed E-state index contributed by atoms with van der Waals surface area (Å²) in [5, 5.41) is 20.7. The van der Waals surface area contributed by atoms with E-state index in [1.165, 1.54) is 24.2 Å². The van der Waals surface area contributed by atoms with Crippen molar-refractivity contribution in [1.82, 2.24) is 20.2 Å². The van der Waals surface area contributed by atoms with E-state index in [9.17, 15) is 5.11 Å². The van der Waals surface area contributed by atoms with Gasteiger partial charge in [0, 0.05) is 28.8 Å². The van der Waals surface area contributed by atoms with Gasteiger partial charge in [-0.15, -0.1) is 17.8 Å². The lowest BCUT2D eigenvalue weighted by atomic mass is 10.1. The third-order valence-electron chi connectivity index (χ3n) is 4.23. The van der Waals surface area contributed by atoms with Gasteiger partial charge in [-0.3, -0.25) is 5.10 Å². The van der Waals surface area contributed by atoms with Crippen LogP contribution in [0, 0.1) is 12.3 Å². The standard InChI is InChI=1S/C19H19N5OS/c1-4-11-10-20-18(14-7-8-15(26-14)19(2,3)25)22-17(11)21-16-9-13(23-24-16)12-5-6-12/h1,7-10,12,25H,5-6H2,2-3H3,(H2,20,21,22,23,24). The Morgan fingerprint density at radius 1 is 1.38 bits per heavy atom. The lowest BCUT2D eigenvalue weighted by Crippen LogP contribution is -2.12. The van der Waals surface area contributed by atoms with Crippen LogP contribution in [0.1, 0.15) is 48.7 Å². The summed E-state index contributed by atoms with van der Waals surface area (Å²) in [6, 6.07) is 5.80. The molecule has 0 unspecified atom stereocenters. The molecule has 132 valence electrons. The van der Waals surface area contributed by atoms with Crippen LogP contribution >= 0.6 is 11.3 Å². The quantitative estimate of drug-likeness (QED) is 0.599. The molecule has 1 fully saturated rings. The van der Waals surface area contributed by atoms with Crippen LogP contribution in [-0.4, -0.2) is 25.3 Å². The number of aromatic amines is 1. The Hall–Kier alpha value is -2.69. The van der Waals surface area contributed by atoms with Gasteiger partial charge in [-0.05, 0) is 38.8 Å². The van der Waals surface area contributed by atoms with E-state index < -0.39 is 5.60 Å². The van der Waals surface area contributed by atoms with E-state index in [1.54, 1.807) is 20.0 Å². The predicted molar refractivity (Wildman–Crippen MR) is 102 cm³/mol. The number of terminal acetylenes is 1. The topological polar surface area (TPSA) is 86.7 Å². The molecule has 4 rings (SSSR count). The number of H-pyrrole nitrogens is 1. The second-order valence-corrected chi connectivity index (χ2v) is 8.01. The SMILES string of the molecule is C#Cc1cnc(-c2ccc(C(C)(C)O)s2)nc1Nc1cc(C2CC2)[nH]n1. The molecule has 1 saturated carbocycles. The van der Waals surface area contributed by atoms with Gasteiger partial charge in [0.05, 0.1) is 16.0 Å². The van der Waals surface area contributed by atoms with E-state index in [2.05, 4.69) is 31.4 Å². The summed E-state index contributed by atoms with van der Waals surface area (Å²) in [7, 11) is 0. The molecule has 0 amide bonds. The minimum Gasteiger partial charge on any atom is -0.385 e. The molecule has 7 heteroatoms. The molecule has 0 aromatic carbocycles. The van der Waals surface area contributed by atoms with Crippen LogP contribution in [0.2, 0.25) is 0 Å². The van der Waals surface area contributed by atoms with Gasteiger partial charge < -0.3 is 10.4 Å². The normalized spacial score (nSPS) is 14.2. The molecule has 1 aliphatic carbocycles. The van der Waals surface area contributed by atoms with Crippen LogP contribution < -0.4 is 5.32 Å². The van der Waals surface area contributed by atoms with Gasteiger partial charge in [0.15, 0.2) is 17.5 Å². The molecule has 3 aromatic rings. The number of nitrogens with zero attached hydrogens (tertiary/aromatic N) is 3. The molecule has 3 aromatic heterocycles. The summed E-state index contributed by atoms with van der Waals surface area (Å²) in [4.78, 5) is 10.7. The molecule has 3 heterocycles. The zero-order chi connectivity index (χ0) is 18.3. The van der Waals surface area contributed by atoms with E-state index in [0.29, 0.717) is 28.9 Å². The van der Waals surface area contributed by atoms with Crippen LogP contribution in [0.4, 0.5) is 11.6 Å². The smallest absolute Gasteiger partial charge is 0.171 e. The molecule has 26 heavy (non-hydrogen) atoms. The van der Waals surface area contributed by atoms with E-state index in [1.807, 2.05) is 18.2 Å². The number of hydrogen-bond donors (Lipinski definition) is 3. The Kier molecular flexibility index (Phi) is 4.02. The van der Waals surface area contributed by atoms with Gasteiger partial charge in [-0.25, -0.2) is 9.97 Å². The Morgan fingerprint density at radius 3 is 2.85 bits per heavy atom. The zero-order valence-corrected chi connectivity index (χ0v) is 15.4. The lowest BCUT2D eigenvalue weighted by molar-refractivity contribution is 0.0825. The fourth-order valence-electron chi connectivity index (χ4n) is 2.61. The summed E-state index contributed by atoms with van der Waals surface area (Å²) in [6.45, 7) is 3.51. The fourth-order valence-corrected chi connectivity index (χ4v) is 3.56.